The third-order valence-electron chi connectivity index (χ3n) is 3.82. The number of halogens is 1. The Labute approximate surface area is 167 Å². The number of carbonyl (C=O) groups excluding carboxylic acids is 1. The van der Waals surface area contributed by atoms with E-state index >= 15 is 0 Å². The Morgan fingerprint density at radius 1 is 1.04 bits per heavy atom. The summed E-state index contributed by atoms with van der Waals surface area (Å²) in [5.74, 6) is 1.55. The number of benzene rings is 2. The van der Waals surface area contributed by atoms with E-state index in [1.54, 1.807) is 37.4 Å². The summed E-state index contributed by atoms with van der Waals surface area (Å²) in [6, 6.07) is 16.0. The van der Waals surface area contributed by atoms with Crippen LogP contribution in [0.4, 0.5) is 17.3 Å². The van der Waals surface area contributed by atoms with Gasteiger partial charge in [0.2, 0.25) is 0 Å². The molecule has 1 amide bonds. The van der Waals surface area contributed by atoms with Gasteiger partial charge in [-0.3, -0.25) is 4.79 Å². The number of amides is 1. The van der Waals surface area contributed by atoms with Gasteiger partial charge in [-0.25, -0.2) is 0 Å². The van der Waals surface area contributed by atoms with E-state index in [0.717, 1.165) is 11.3 Å². The fourth-order valence-corrected chi connectivity index (χ4v) is 2.56. The highest BCUT2D eigenvalue weighted by Gasteiger charge is 2.09. The van der Waals surface area contributed by atoms with Crippen LogP contribution < -0.4 is 20.1 Å². The molecule has 144 valence electrons. The average molecular weight is 399 g/mol. The molecule has 1 heterocycles. The normalized spacial score (nSPS) is 10.2. The van der Waals surface area contributed by atoms with Gasteiger partial charge in [-0.15, -0.1) is 10.2 Å². The van der Waals surface area contributed by atoms with Crippen LogP contribution in [0, 0.1) is 6.92 Å². The van der Waals surface area contributed by atoms with Crippen molar-refractivity contribution in [3.8, 4) is 11.5 Å². The molecule has 0 aliphatic carbocycles. The van der Waals surface area contributed by atoms with Crippen molar-refractivity contribution in [1.82, 2.24) is 10.2 Å². The van der Waals surface area contributed by atoms with E-state index in [1.165, 1.54) is 0 Å². The lowest BCUT2D eigenvalue weighted by atomic mass is 10.2. The third kappa shape index (κ3) is 5.11. The fourth-order valence-electron chi connectivity index (χ4n) is 2.39. The SMILES string of the molecule is COc1ccccc1OCC(=O)Nc1ccc(Nc2cc(Cl)ccc2C)nn1. The van der Waals surface area contributed by atoms with Gasteiger partial charge in [-0.05, 0) is 48.9 Å². The Balaban J connectivity index is 1.56. The maximum absolute atomic E-state index is 12.1. The highest BCUT2D eigenvalue weighted by Crippen LogP contribution is 2.26. The molecule has 2 aromatic carbocycles. The van der Waals surface area contributed by atoms with Gasteiger partial charge in [-0.2, -0.15) is 0 Å². The molecule has 1 aromatic heterocycles. The number of hydrogen-bond acceptors (Lipinski definition) is 6. The smallest absolute Gasteiger partial charge is 0.263 e. The standard InChI is InChI=1S/C20H19ClN4O3/c1-13-7-8-14(21)11-15(13)22-18-9-10-19(25-24-18)23-20(26)12-28-17-6-4-3-5-16(17)27-2/h3-11H,12H2,1-2H3,(H,22,24)(H,23,25,26). The van der Waals surface area contributed by atoms with Crippen LogP contribution in [-0.4, -0.2) is 29.8 Å². The van der Waals surface area contributed by atoms with Crippen molar-refractivity contribution in [3.63, 3.8) is 0 Å². The molecule has 0 aliphatic heterocycles. The van der Waals surface area contributed by atoms with E-state index in [4.69, 9.17) is 21.1 Å². The van der Waals surface area contributed by atoms with Gasteiger partial charge in [0.15, 0.2) is 29.7 Å². The number of ether oxygens (including phenoxy) is 2. The lowest BCUT2D eigenvalue weighted by molar-refractivity contribution is -0.118. The molecule has 28 heavy (non-hydrogen) atoms. The van der Waals surface area contributed by atoms with Gasteiger partial charge >= 0.3 is 0 Å². The molecule has 0 fully saturated rings. The van der Waals surface area contributed by atoms with E-state index in [1.807, 2.05) is 31.2 Å². The molecule has 0 saturated carbocycles. The van der Waals surface area contributed by atoms with Crippen molar-refractivity contribution in [2.75, 3.05) is 24.4 Å². The van der Waals surface area contributed by atoms with E-state index in [2.05, 4.69) is 20.8 Å². The van der Waals surface area contributed by atoms with Gasteiger partial charge in [0.05, 0.1) is 7.11 Å². The van der Waals surface area contributed by atoms with Crippen LogP contribution in [0.2, 0.25) is 5.02 Å². The van der Waals surface area contributed by atoms with Crippen LogP contribution in [0.5, 0.6) is 11.5 Å². The highest BCUT2D eigenvalue weighted by atomic mass is 35.5. The van der Waals surface area contributed by atoms with E-state index < -0.39 is 0 Å². The number of para-hydroxylation sites is 2. The molecule has 0 spiro atoms. The van der Waals surface area contributed by atoms with Crippen LogP contribution in [0.3, 0.4) is 0 Å². The number of anilines is 3. The number of nitrogens with one attached hydrogen (secondary N) is 2. The van der Waals surface area contributed by atoms with Crippen molar-refractivity contribution in [1.29, 1.82) is 0 Å². The quantitative estimate of drug-likeness (QED) is 0.620. The van der Waals surface area contributed by atoms with Gasteiger partial charge in [0.25, 0.3) is 5.91 Å². The Kier molecular flexibility index (Phi) is 6.29. The van der Waals surface area contributed by atoms with Crippen molar-refractivity contribution in [2.45, 2.75) is 6.92 Å². The van der Waals surface area contributed by atoms with Gasteiger partial charge in [0, 0.05) is 10.7 Å². The Bertz CT molecular complexity index is 964. The van der Waals surface area contributed by atoms with Crippen LogP contribution in [-0.2, 0) is 4.79 Å². The van der Waals surface area contributed by atoms with Crippen molar-refractivity contribution in [3.05, 3.63) is 65.2 Å². The number of nitrogens with zero attached hydrogens (tertiary/aromatic N) is 2. The first-order valence-electron chi connectivity index (χ1n) is 8.48. The number of aromatic nitrogens is 2. The van der Waals surface area contributed by atoms with Crippen LogP contribution >= 0.6 is 11.6 Å². The first-order chi connectivity index (χ1) is 13.5. The summed E-state index contributed by atoms with van der Waals surface area (Å²) in [5, 5.41) is 14.5. The summed E-state index contributed by atoms with van der Waals surface area (Å²) in [4.78, 5) is 12.1. The van der Waals surface area contributed by atoms with Crippen LogP contribution in [0.25, 0.3) is 0 Å². The second kappa shape index (κ2) is 9.05. The van der Waals surface area contributed by atoms with Gasteiger partial charge < -0.3 is 20.1 Å². The summed E-state index contributed by atoms with van der Waals surface area (Å²) in [5.41, 5.74) is 1.86. The monoisotopic (exact) mass is 398 g/mol. The predicted molar refractivity (Wildman–Crippen MR) is 109 cm³/mol. The molecular formula is C20H19ClN4O3. The molecule has 0 saturated heterocycles. The summed E-state index contributed by atoms with van der Waals surface area (Å²) >= 11 is 6.02. The minimum Gasteiger partial charge on any atom is -0.493 e. The van der Waals surface area contributed by atoms with Crippen LogP contribution in [0.1, 0.15) is 5.56 Å². The van der Waals surface area contributed by atoms with Gasteiger partial charge in [0.1, 0.15) is 0 Å². The Hall–Kier alpha value is -3.32. The summed E-state index contributed by atoms with van der Waals surface area (Å²) in [6.45, 7) is 1.78. The topological polar surface area (TPSA) is 85.4 Å². The maximum atomic E-state index is 12.1. The molecule has 0 aliphatic rings. The number of hydrogen-bond donors (Lipinski definition) is 2. The number of aryl methyl sites for hydroxylation is 1. The zero-order valence-corrected chi connectivity index (χ0v) is 16.2. The lowest BCUT2D eigenvalue weighted by Gasteiger charge is -2.11. The van der Waals surface area contributed by atoms with E-state index in [0.29, 0.717) is 28.2 Å². The molecule has 2 N–H and O–H groups in total. The van der Waals surface area contributed by atoms with E-state index in [-0.39, 0.29) is 12.5 Å². The number of rotatable bonds is 7. The Morgan fingerprint density at radius 3 is 2.46 bits per heavy atom. The minimum absolute atomic E-state index is 0.177. The highest BCUT2D eigenvalue weighted by molar-refractivity contribution is 6.30. The van der Waals surface area contributed by atoms with E-state index in [9.17, 15) is 4.79 Å². The molecule has 0 radical (unpaired) electrons. The van der Waals surface area contributed by atoms with Crippen molar-refractivity contribution in [2.24, 2.45) is 0 Å². The molecule has 3 rings (SSSR count). The second-order valence-electron chi connectivity index (χ2n) is 5.88. The van der Waals surface area contributed by atoms with Crippen LogP contribution in [0.15, 0.2) is 54.6 Å². The first-order valence-corrected chi connectivity index (χ1v) is 8.85. The summed E-state index contributed by atoms with van der Waals surface area (Å²) in [6.07, 6.45) is 0. The molecule has 8 heteroatoms. The zero-order chi connectivity index (χ0) is 19.9. The minimum atomic E-state index is -0.355. The summed E-state index contributed by atoms with van der Waals surface area (Å²) in [7, 11) is 1.54. The third-order valence-corrected chi connectivity index (χ3v) is 4.06. The lowest BCUT2D eigenvalue weighted by Crippen LogP contribution is -2.21. The van der Waals surface area contributed by atoms with Crippen molar-refractivity contribution < 1.29 is 14.3 Å². The predicted octanol–water partition coefficient (Wildman–Crippen LogP) is 4.21. The fraction of sp³-hybridized carbons (Fsp3) is 0.150. The number of carbonyl (C=O) groups is 1. The first kappa shape index (κ1) is 19.4. The molecule has 7 nitrogen and oxygen atoms in total. The zero-order valence-electron chi connectivity index (χ0n) is 15.4. The largest absolute Gasteiger partial charge is 0.493 e. The molecular weight excluding hydrogens is 380 g/mol. The molecule has 0 atom stereocenters. The maximum Gasteiger partial charge on any atom is 0.263 e. The molecule has 0 bridgehead atoms. The Morgan fingerprint density at radius 2 is 1.75 bits per heavy atom. The average Bonchev–Trinajstić information content (AvgIpc) is 2.71. The molecule has 0 unspecified atom stereocenters. The summed E-state index contributed by atoms with van der Waals surface area (Å²) < 4.78 is 10.7. The number of methoxy groups -OCH3 is 1. The van der Waals surface area contributed by atoms with Gasteiger partial charge in [-0.1, -0.05) is 29.8 Å². The van der Waals surface area contributed by atoms with Crippen molar-refractivity contribution >= 4 is 34.8 Å². The second-order valence-corrected chi connectivity index (χ2v) is 6.31. The molecule has 3 aromatic rings.